The fourth-order valence-electron chi connectivity index (χ4n) is 6.68. The minimum Gasteiger partial charge on any atom is -0.273 e. The number of nitriles is 2. The van der Waals surface area contributed by atoms with E-state index < -0.39 is 0 Å². The second-order valence-electron chi connectivity index (χ2n) is 10.7. The fraction of sp³-hybridized carbons (Fsp3) is 0.481. The van der Waals surface area contributed by atoms with Crippen LogP contribution < -0.4 is 0 Å². The van der Waals surface area contributed by atoms with Gasteiger partial charge < -0.3 is 0 Å². The van der Waals surface area contributed by atoms with Crippen molar-refractivity contribution in [3.05, 3.63) is 46.0 Å². The molecule has 2 bridgehead atoms. The van der Waals surface area contributed by atoms with E-state index in [1.54, 1.807) is 16.6 Å². The van der Waals surface area contributed by atoms with Crippen molar-refractivity contribution in [2.45, 2.75) is 70.4 Å². The van der Waals surface area contributed by atoms with Crippen LogP contribution in [0.1, 0.15) is 80.1 Å². The summed E-state index contributed by atoms with van der Waals surface area (Å²) in [6.45, 7) is 0.963. The second kappa shape index (κ2) is 8.83. The Morgan fingerprint density at radius 2 is 2.00 bits per heavy atom. The molecule has 36 heavy (non-hydrogen) atoms. The third-order valence-corrected chi connectivity index (χ3v) is 9.06. The molecule has 0 saturated heterocycles. The molecule has 3 heterocycles. The van der Waals surface area contributed by atoms with Crippen molar-refractivity contribution < 1.29 is 4.79 Å². The first kappa shape index (κ1) is 22.9. The smallest absolute Gasteiger partial charge is 0.243 e. The molecule has 0 N–H and O–H groups in total. The Morgan fingerprint density at radius 1 is 1.14 bits per heavy atom. The van der Waals surface area contributed by atoms with E-state index in [0.717, 1.165) is 41.7 Å². The van der Waals surface area contributed by atoms with Gasteiger partial charge in [0.2, 0.25) is 5.91 Å². The molecular weight excluding hydrogens is 470 g/mol. The lowest BCUT2D eigenvalue weighted by Gasteiger charge is -2.71. The Labute approximate surface area is 213 Å². The molecule has 8 nitrogen and oxygen atoms in total. The van der Waals surface area contributed by atoms with Crippen molar-refractivity contribution in [1.82, 2.24) is 19.8 Å². The molecule has 182 valence electrons. The summed E-state index contributed by atoms with van der Waals surface area (Å²) >= 11 is 1.42. The predicted octanol–water partition coefficient (Wildman–Crippen LogP) is 5.32. The van der Waals surface area contributed by atoms with Crippen LogP contribution in [0.2, 0.25) is 0 Å². The standard InChI is InChI=1S/C27H27N7OS/c28-11-19-5-6-22-20(10-19)13-31-33(22)18-27-15-26(16-27,17-27)8-3-1-2-4-24(35)34-23(7-9-30-34)25-32-21(12-29)14-36-25/h5-6,9-10,13-14,23H,1-4,7-8,15-18H2. The number of rotatable bonds is 9. The Kier molecular flexibility index (Phi) is 5.61. The van der Waals surface area contributed by atoms with Crippen LogP contribution in [-0.2, 0) is 11.3 Å². The Morgan fingerprint density at radius 3 is 2.78 bits per heavy atom. The largest absolute Gasteiger partial charge is 0.273 e. The van der Waals surface area contributed by atoms with Gasteiger partial charge in [-0.05, 0) is 61.1 Å². The van der Waals surface area contributed by atoms with Gasteiger partial charge in [0.25, 0.3) is 0 Å². The van der Waals surface area contributed by atoms with Crippen LogP contribution in [0.25, 0.3) is 10.9 Å². The zero-order valence-electron chi connectivity index (χ0n) is 20.1. The van der Waals surface area contributed by atoms with Gasteiger partial charge in [0, 0.05) is 36.4 Å². The molecule has 3 aliphatic carbocycles. The fourth-order valence-corrected chi connectivity index (χ4v) is 7.52. The monoisotopic (exact) mass is 497 g/mol. The summed E-state index contributed by atoms with van der Waals surface area (Å²) in [5, 5.41) is 32.1. The lowest BCUT2D eigenvalue weighted by molar-refractivity contribution is -0.216. The molecule has 1 amide bonds. The van der Waals surface area contributed by atoms with E-state index in [-0.39, 0.29) is 11.9 Å². The summed E-state index contributed by atoms with van der Waals surface area (Å²) in [7, 11) is 0. The summed E-state index contributed by atoms with van der Waals surface area (Å²) in [5.41, 5.74) is 3.09. The Bertz CT molecular complexity index is 1420. The van der Waals surface area contributed by atoms with Gasteiger partial charge in [-0.15, -0.1) is 11.3 Å². The first-order chi connectivity index (χ1) is 17.5. The molecular formula is C27H27N7OS. The summed E-state index contributed by atoms with van der Waals surface area (Å²) < 4.78 is 2.12. The van der Waals surface area contributed by atoms with Gasteiger partial charge in [-0.1, -0.05) is 12.8 Å². The summed E-state index contributed by atoms with van der Waals surface area (Å²) in [5.74, 6) is 0.0419. The number of thiazole rings is 1. The molecule has 4 aliphatic rings. The van der Waals surface area contributed by atoms with E-state index in [1.807, 2.05) is 24.4 Å². The lowest BCUT2D eigenvalue weighted by atomic mass is 9.34. The third-order valence-electron chi connectivity index (χ3n) is 8.11. The molecule has 1 aromatic carbocycles. The van der Waals surface area contributed by atoms with Crippen molar-refractivity contribution in [1.29, 1.82) is 10.5 Å². The van der Waals surface area contributed by atoms with Crippen molar-refractivity contribution in [2.75, 3.05) is 0 Å². The number of hydrogen-bond acceptors (Lipinski definition) is 7. The minimum atomic E-state index is -0.165. The quantitative estimate of drug-likeness (QED) is 0.372. The van der Waals surface area contributed by atoms with Crippen molar-refractivity contribution in [2.24, 2.45) is 15.9 Å². The van der Waals surface area contributed by atoms with Crippen LogP contribution in [0.5, 0.6) is 0 Å². The molecule has 1 aliphatic heterocycles. The molecule has 3 saturated carbocycles. The zero-order valence-corrected chi connectivity index (χ0v) is 20.9. The van der Waals surface area contributed by atoms with Crippen LogP contribution in [0.4, 0.5) is 0 Å². The van der Waals surface area contributed by atoms with Gasteiger partial charge in [0.1, 0.15) is 17.1 Å². The number of carbonyl (C=O) groups is 1. The maximum absolute atomic E-state index is 12.8. The highest BCUT2D eigenvalue weighted by atomic mass is 32.1. The van der Waals surface area contributed by atoms with Crippen LogP contribution in [0.3, 0.4) is 0 Å². The lowest BCUT2D eigenvalue weighted by Crippen LogP contribution is -2.63. The van der Waals surface area contributed by atoms with Crippen LogP contribution >= 0.6 is 11.3 Å². The van der Waals surface area contributed by atoms with Gasteiger partial charge in [0.05, 0.1) is 23.3 Å². The van der Waals surface area contributed by atoms with Gasteiger partial charge in [-0.2, -0.15) is 20.7 Å². The number of benzene rings is 1. The molecule has 1 atom stereocenters. The topological polar surface area (TPSA) is 111 Å². The highest BCUT2D eigenvalue weighted by molar-refractivity contribution is 7.09. The summed E-state index contributed by atoms with van der Waals surface area (Å²) in [4.78, 5) is 17.1. The van der Waals surface area contributed by atoms with E-state index in [2.05, 4.69) is 32.0 Å². The van der Waals surface area contributed by atoms with Crippen LogP contribution in [0, 0.1) is 33.5 Å². The van der Waals surface area contributed by atoms with E-state index in [0.29, 0.717) is 34.9 Å². The molecule has 0 spiro atoms. The number of amides is 1. The van der Waals surface area contributed by atoms with E-state index in [1.165, 1.54) is 37.0 Å². The van der Waals surface area contributed by atoms with Gasteiger partial charge in [0.15, 0.2) is 5.69 Å². The number of carbonyl (C=O) groups excluding carboxylic acids is 1. The van der Waals surface area contributed by atoms with Crippen molar-refractivity contribution >= 4 is 34.4 Å². The van der Waals surface area contributed by atoms with Gasteiger partial charge >= 0.3 is 0 Å². The SMILES string of the molecule is N#Cc1ccc2c(cnn2CC23CC(CCCCCC(=O)N4N=CCC4c4nc(C#N)cs4)(C2)C3)c1. The number of hydrogen-bond donors (Lipinski definition) is 0. The average molecular weight is 498 g/mol. The Hall–Kier alpha value is -3.56. The van der Waals surface area contributed by atoms with Crippen LogP contribution in [0.15, 0.2) is 34.9 Å². The number of nitrogens with zero attached hydrogens (tertiary/aromatic N) is 7. The van der Waals surface area contributed by atoms with Crippen molar-refractivity contribution in [3.8, 4) is 12.1 Å². The second-order valence-corrected chi connectivity index (χ2v) is 11.6. The van der Waals surface area contributed by atoms with E-state index in [9.17, 15) is 4.79 Å². The number of fused-ring (bicyclic) bond motifs is 1. The average Bonchev–Trinajstić information content (AvgIpc) is 3.60. The first-order valence-corrected chi connectivity index (χ1v) is 13.5. The molecule has 0 radical (unpaired) electrons. The van der Waals surface area contributed by atoms with Gasteiger partial charge in [-0.25, -0.2) is 9.99 Å². The zero-order chi connectivity index (χ0) is 24.8. The number of hydrazone groups is 1. The normalized spacial score (nSPS) is 25.8. The van der Waals surface area contributed by atoms with E-state index >= 15 is 0 Å². The predicted molar refractivity (Wildman–Crippen MR) is 136 cm³/mol. The van der Waals surface area contributed by atoms with Crippen molar-refractivity contribution in [3.63, 3.8) is 0 Å². The molecule has 7 rings (SSSR count). The maximum Gasteiger partial charge on any atom is 0.243 e. The third kappa shape index (κ3) is 3.98. The summed E-state index contributed by atoms with van der Waals surface area (Å²) in [6, 6.07) is 9.88. The number of unbranched alkanes of at least 4 members (excludes halogenated alkanes) is 2. The highest BCUT2D eigenvalue weighted by Gasteiger charge is 2.66. The minimum absolute atomic E-state index is 0.0419. The Balaban J connectivity index is 0.928. The highest BCUT2D eigenvalue weighted by Crippen LogP contribution is 2.75. The molecule has 3 aromatic rings. The van der Waals surface area contributed by atoms with Crippen LogP contribution in [-0.4, -0.2) is 31.9 Å². The summed E-state index contributed by atoms with van der Waals surface area (Å²) in [6.07, 6.45) is 13.0. The maximum atomic E-state index is 12.8. The first-order valence-electron chi connectivity index (χ1n) is 12.6. The molecule has 2 aromatic heterocycles. The van der Waals surface area contributed by atoms with E-state index in [4.69, 9.17) is 10.5 Å². The molecule has 1 unspecified atom stereocenters. The molecule has 3 fully saturated rings. The number of aromatic nitrogens is 3. The molecule has 9 heteroatoms. The van der Waals surface area contributed by atoms with Gasteiger partial charge in [-0.3, -0.25) is 9.48 Å².